The van der Waals surface area contributed by atoms with E-state index in [1.165, 1.54) is 12.1 Å². The zero-order valence-electron chi connectivity index (χ0n) is 12.2. The molecular formula is C15H23FN4. The van der Waals surface area contributed by atoms with Crippen LogP contribution in [-0.2, 0) is 6.54 Å². The molecule has 1 heterocycles. The van der Waals surface area contributed by atoms with Crippen LogP contribution in [0.4, 0.5) is 4.39 Å². The molecule has 1 unspecified atom stereocenters. The van der Waals surface area contributed by atoms with E-state index in [4.69, 9.17) is 11.1 Å². The molecule has 4 nitrogen and oxygen atoms in total. The maximum Gasteiger partial charge on any atom is 0.124 e. The predicted octanol–water partition coefficient (Wildman–Crippen LogP) is 1.64. The van der Waals surface area contributed by atoms with Gasteiger partial charge in [-0.05, 0) is 50.7 Å². The molecule has 1 aliphatic rings. The van der Waals surface area contributed by atoms with Gasteiger partial charge in [0.2, 0.25) is 0 Å². The molecule has 1 aromatic carbocycles. The van der Waals surface area contributed by atoms with Crippen molar-refractivity contribution in [3.63, 3.8) is 0 Å². The van der Waals surface area contributed by atoms with Gasteiger partial charge in [-0.1, -0.05) is 0 Å². The number of nitrogen functional groups attached to an aromatic ring is 1. The molecule has 0 radical (unpaired) electrons. The van der Waals surface area contributed by atoms with Crippen molar-refractivity contribution in [2.75, 3.05) is 26.7 Å². The topological polar surface area (TPSA) is 56.4 Å². The van der Waals surface area contributed by atoms with Crippen molar-refractivity contribution in [1.82, 2.24) is 9.80 Å². The summed E-state index contributed by atoms with van der Waals surface area (Å²) in [7, 11) is 2.13. The Labute approximate surface area is 119 Å². The number of amidine groups is 1. The molecule has 1 aliphatic heterocycles. The molecule has 1 saturated heterocycles. The number of nitrogens with zero attached hydrogens (tertiary/aromatic N) is 2. The van der Waals surface area contributed by atoms with Gasteiger partial charge in [-0.2, -0.15) is 0 Å². The van der Waals surface area contributed by atoms with E-state index in [2.05, 4.69) is 23.8 Å². The van der Waals surface area contributed by atoms with Crippen LogP contribution in [0.5, 0.6) is 0 Å². The van der Waals surface area contributed by atoms with Crippen LogP contribution in [0.25, 0.3) is 0 Å². The van der Waals surface area contributed by atoms with Crippen molar-refractivity contribution in [2.45, 2.75) is 25.9 Å². The Hall–Kier alpha value is -1.46. The van der Waals surface area contributed by atoms with Gasteiger partial charge in [0.1, 0.15) is 11.7 Å². The first-order chi connectivity index (χ1) is 9.45. The van der Waals surface area contributed by atoms with Crippen LogP contribution in [0, 0.1) is 11.2 Å². The Kier molecular flexibility index (Phi) is 4.73. The van der Waals surface area contributed by atoms with Crippen LogP contribution in [-0.4, -0.2) is 48.4 Å². The third kappa shape index (κ3) is 3.77. The first-order valence-corrected chi connectivity index (χ1v) is 7.02. The minimum Gasteiger partial charge on any atom is -0.384 e. The molecule has 0 aliphatic carbocycles. The molecular weight excluding hydrogens is 255 g/mol. The molecule has 0 bridgehead atoms. The lowest BCUT2D eigenvalue weighted by Crippen LogP contribution is -2.37. The van der Waals surface area contributed by atoms with E-state index in [0.717, 1.165) is 31.6 Å². The fraction of sp³-hybridized carbons (Fsp3) is 0.533. The summed E-state index contributed by atoms with van der Waals surface area (Å²) < 4.78 is 13.6. The molecule has 110 valence electrons. The Morgan fingerprint density at radius 2 is 2.15 bits per heavy atom. The summed E-state index contributed by atoms with van der Waals surface area (Å²) in [5.74, 6) is -0.415. The number of rotatable bonds is 3. The molecule has 0 amide bonds. The minimum atomic E-state index is -0.327. The highest BCUT2D eigenvalue weighted by Gasteiger charge is 2.20. The number of nitrogens with one attached hydrogen (secondary N) is 1. The summed E-state index contributed by atoms with van der Waals surface area (Å²) in [6.45, 7) is 6.04. The highest BCUT2D eigenvalue weighted by molar-refractivity contribution is 5.95. The SMILES string of the molecule is CC1CN(C)CCCN1Cc1cc(F)cc(C(=N)N)c1. The summed E-state index contributed by atoms with van der Waals surface area (Å²) in [6, 6.07) is 5.10. The zero-order valence-corrected chi connectivity index (χ0v) is 12.2. The number of nitrogens with two attached hydrogens (primary N) is 1. The molecule has 0 saturated carbocycles. The van der Waals surface area contributed by atoms with Gasteiger partial charge in [-0.25, -0.2) is 4.39 Å². The Morgan fingerprint density at radius 3 is 2.85 bits per heavy atom. The predicted molar refractivity (Wildman–Crippen MR) is 79.4 cm³/mol. The van der Waals surface area contributed by atoms with Gasteiger partial charge in [0.15, 0.2) is 0 Å². The standard InChI is InChI=1S/C15H23FN4/c1-11-9-19(2)4-3-5-20(11)10-12-6-13(15(17)18)8-14(16)7-12/h6-8,11H,3-5,9-10H2,1-2H3,(H3,17,18). The van der Waals surface area contributed by atoms with Crippen molar-refractivity contribution < 1.29 is 4.39 Å². The van der Waals surface area contributed by atoms with Gasteiger partial charge < -0.3 is 10.6 Å². The van der Waals surface area contributed by atoms with E-state index >= 15 is 0 Å². The maximum atomic E-state index is 13.6. The summed E-state index contributed by atoms with van der Waals surface area (Å²) >= 11 is 0. The average molecular weight is 278 g/mol. The molecule has 20 heavy (non-hydrogen) atoms. The second kappa shape index (κ2) is 6.33. The maximum absolute atomic E-state index is 13.6. The largest absolute Gasteiger partial charge is 0.384 e. The van der Waals surface area contributed by atoms with E-state index in [-0.39, 0.29) is 11.7 Å². The van der Waals surface area contributed by atoms with Crippen LogP contribution in [0.2, 0.25) is 0 Å². The smallest absolute Gasteiger partial charge is 0.124 e. The summed E-state index contributed by atoms with van der Waals surface area (Å²) in [4.78, 5) is 4.69. The number of hydrogen-bond donors (Lipinski definition) is 2. The molecule has 3 N–H and O–H groups in total. The first kappa shape index (κ1) is 14.9. The van der Waals surface area contributed by atoms with E-state index in [1.807, 2.05) is 6.07 Å². The Balaban J connectivity index is 2.14. The lowest BCUT2D eigenvalue weighted by atomic mass is 10.1. The summed E-state index contributed by atoms with van der Waals surface area (Å²) in [5.41, 5.74) is 6.79. The van der Waals surface area contributed by atoms with Crippen molar-refractivity contribution >= 4 is 5.84 Å². The van der Waals surface area contributed by atoms with Crippen molar-refractivity contribution in [3.8, 4) is 0 Å². The second-order valence-corrected chi connectivity index (χ2v) is 5.70. The average Bonchev–Trinajstić information content (AvgIpc) is 2.50. The van der Waals surface area contributed by atoms with Gasteiger partial charge in [-0.15, -0.1) is 0 Å². The van der Waals surface area contributed by atoms with Crippen LogP contribution in [0.15, 0.2) is 18.2 Å². The summed E-state index contributed by atoms with van der Waals surface area (Å²) in [6.07, 6.45) is 1.12. The normalized spacial score (nSPS) is 21.6. The van der Waals surface area contributed by atoms with Crippen molar-refractivity contribution in [3.05, 3.63) is 35.1 Å². The Bertz CT molecular complexity index is 489. The molecule has 0 spiro atoms. The lowest BCUT2D eigenvalue weighted by molar-refractivity contribution is 0.194. The third-order valence-corrected chi connectivity index (χ3v) is 3.84. The van der Waals surface area contributed by atoms with Crippen molar-refractivity contribution in [1.29, 1.82) is 5.41 Å². The van der Waals surface area contributed by atoms with Crippen LogP contribution < -0.4 is 5.73 Å². The first-order valence-electron chi connectivity index (χ1n) is 7.02. The number of halogens is 1. The Morgan fingerprint density at radius 1 is 1.40 bits per heavy atom. The zero-order chi connectivity index (χ0) is 14.7. The molecule has 1 fully saturated rings. The van der Waals surface area contributed by atoms with Crippen LogP contribution in [0.1, 0.15) is 24.5 Å². The van der Waals surface area contributed by atoms with Gasteiger partial charge in [0, 0.05) is 31.2 Å². The van der Waals surface area contributed by atoms with E-state index in [9.17, 15) is 4.39 Å². The fourth-order valence-corrected chi connectivity index (χ4v) is 2.79. The van der Waals surface area contributed by atoms with E-state index in [1.54, 1.807) is 0 Å². The molecule has 0 aromatic heterocycles. The monoisotopic (exact) mass is 278 g/mol. The van der Waals surface area contributed by atoms with Gasteiger partial charge in [0.05, 0.1) is 0 Å². The van der Waals surface area contributed by atoms with Gasteiger partial charge in [-0.3, -0.25) is 10.3 Å². The van der Waals surface area contributed by atoms with Gasteiger partial charge in [0.25, 0.3) is 0 Å². The summed E-state index contributed by atoms with van der Waals surface area (Å²) in [5, 5.41) is 7.44. The second-order valence-electron chi connectivity index (χ2n) is 5.70. The quantitative estimate of drug-likeness (QED) is 0.653. The van der Waals surface area contributed by atoms with Crippen LogP contribution in [0.3, 0.4) is 0 Å². The van der Waals surface area contributed by atoms with E-state index in [0.29, 0.717) is 18.2 Å². The number of benzene rings is 1. The highest BCUT2D eigenvalue weighted by atomic mass is 19.1. The highest BCUT2D eigenvalue weighted by Crippen LogP contribution is 2.16. The fourth-order valence-electron chi connectivity index (χ4n) is 2.79. The van der Waals surface area contributed by atoms with Crippen LogP contribution >= 0.6 is 0 Å². The van der Waals surface area contributed by atoms with Gasteiger partial charge >= 0.3 is 0 Å². The number of likely N-dealkylation sites (N-methyl/N-ethyl adjacent to an activating group) is 1. The molecule has 1 aromatic rings. The number of hydrogen-bond acceptors (Lipinski definition) is 3. The molecule has 2 rings (SSSR count). The minimum absolute atomic E-state index is 0.0885. The van der Waals surface area contributed by atoms with Crippen molar-refractivity contribution in [2.24, 2.45) is 5.73 Å². The lowest BCUT2D eigenvalue weighted by Gasteiger charge is -2.28. The van der Waals surface area contributed by atoms with E-state index < -0.39 is 0 Å². The third-order valence-electron chi connectivity index (χ3n) is 3.84. The molecule has 5 heteroatoms. The molecule has 1 atom stereocenters.